The van der Waals surface area contributed by atoms with Gasteiger partial charge in [-0.05, 0) is 59.9 Å². The molecule has 0 spiro atoms. The van der Waals surface area contributed by atoms with Gasteiger partial charge < -0.3 is 9.73 Å². The number of hydrogen-bond donors (Lipinski definition) is 1. The Morgan fingerprint density at radius 2 is 2.10 bits per heavy atom. The molecule has 1 heterocycles. The Bertz CT molecular complexity index is 596. The van der Waals surface area contributed by atoms with Gasteiger partial charge in [-0.25, -0.2) is 0 Å². The molecule has 6 heteroatoms. The van der Waals surface area contributed by atoms with Crippen LogP contribution in [0.5, 0.6) is 0 Å². The molecule has 0 saturated heterocycles. The number of halogens is 2. The largest absolute Gasteiger partial charge is 0.421 e. The lowest BCUT2D eigenvalue weighted by atomic mass is 10.2. The van der Waals surface area contributed by atoms with Crippen LogP contribution in [0, 0.1) is 0 Å². The molecule has 1 aliphatic carbocycles. The van der Waals surface area contributed by atoms with Crippen molar-refractivity contribution in [2.75, 3.05) is 6.54 Å². The number of hydrogen-bond acceptors (Lipinski definition) is 4. The minimum Gasteiger partial charge on any atom is -0.421 e. The summed E-state index contributed by atoms with van der Waals surface area (Å²) in [6, 6.07) is 6.65. The third kappa shape index (κ3) is 3.68. The molecule has 1 aromatic carbocycles. The quantitative estimate of drug-likeness (QED) is 0.746. The molecule has 4 nitrogen and oxygen atoms in total. The molecule has 1 saturated carbocycles. The zero-order valence-electron chi connectivity index (χ0n) is 10.9. The van der Waals surface area contributed by atoms with Crippen LogP contribution in [0.25, 0.3) is 11.5 Å². The fourth-order valence-electron chi connectivity index (χ4n) is 1.96. The van der Waals surface area contributed by atoms with E-state index in [0.717, 1.165) is 39.9 Å². The van der Waals surface area contributed by atoms with Crippen LogP contribution in [0.1, 0.15) is 25.2 Å². The van der Waals surface area contributed by atoms with Crippen molar-refractivity contribution >= 4 is 31.9 Å². The fraction of sp³-hybridized carbons (Fsp3) is 0.429. The van der Waals surface area contributed by atoms with E-state index in [4.69, 9.17) is 4.42 Å². The van der Waals surface area contributed by atoms with E-state index in [1.807, 2.05) is 18.2 Å². The molecule has 0 bridgehead atoms. The zero-order valence-corrected chi connectivity index (χ0v) is 14.1. The molecular weight excluding hydrogens is 386 g/mol. The minimum atomic E-state index is 0.559. The van der Waals surface area contributed by atoms with E-state index in [9.17, 15) is 0 Å². The zero-order chi connectivity index (χ0) is 13.9. The molecule has 20 heavy (non-hydrogen) atoms. The van der Waals surface area contributed by atoms with Gasteiger partial charge in [-0.2, -0.15) is 0 Å². The summed E-state index contributed by atoms with van der Waals surface area (Å²) in [6.45, 7) is 1.02. The van der Waals surface area contributed by atoms with Crippen LogP contribution in [0.4, 0.5) is 0 Å². The van der Waals surface area contributed by atoms with Crippen molar-refractivity contribution in [3.8, 4) is 11.5 Å². The summed E-state index contributed by atoms with van der Waals surface area (Å²) in [7, 11) is 0. The van der Waals surface area contributed by atoms with E-state index >= 15 is 0 Å². The third-order valence-electron chi connectivity index (χ3n) is 3.20. The van der Waals surface area contributed by atoms with Crippen LogP contribution >= 0.6 is 31.9 Å². The SMILES string of the molecule is Brc1ccc(Br)c(-c2nnc(CCCNC3CC3)o2)c1. The molecule has 106 valence electrons. The van der Waals surface area contributed by atoms with Crippen molar-refractivity contribution < 1.29 is 4.42 Å². The van der Waals surface area contributed by atoms with Crippen LogP contribution in [0.3, 0.4) is 0 Å². The number of aromatic nitrogens is 2. The lowest BCUT2D eigenvalue weighted by molar-refractivity contribution is 0.490. The van der Waals surface area contributed by atoms with Crippen molar-refractivity contribution in [3.63, 3.8) is 0 Å². The highest BCUT2D eigenvalue weighted by Crippen LogP contribution is 2.30. The van der Waals surface area contributed by atoms with Gasteiger partial charge in [0.25, 0.3) is 0 Å². The predicted octanol–water partition coefficient (Wildman–Crippen LogP) is 3.95. The molecule has 0 atom stereocenters. The van der Waals surface area contributed by atoms with E-state index in [1.165, 1.54) is 12.8 Å². The topological polar surface area (TPSA) is 51.0 Å². The molecule has 1 aliphatic rings. The summed E-state index contributed by atoms with van der Waals surface area (Å²) in [5, 5.41) is 11.7. The Labute approximate surface area is 134 Å². The van der Waals surface area contributed by atoms with Crippen molar-refractivity contribution in [3.05, 3.63) is 33.0 Å². The molecule has 0 radical (unpaired) electrons. The Hall–Kier alpha value is -0.720. The van der Waals surface area contributed by atoms with Crippen LogP contribution in [0.15, 0.2) is 31.6 Å². The number of nitrogens with zero attached hydrogens (tertiary/aromatic N) is 2. The average Bonchev–Trinajstić information content (AvgIpc) is 3.15. The summed E-state index contributed by atoms with van der Waals surface area (Å²) >= 11 is 6.96. The van der Waals surface area contributed by atoms with E-state index in [0.29, 0.717) is 11.8 Å². The lowest BCUT2D eigenvalue weighted by Crippen LogP contribution is -2.17. The molecule has 1 N–H and O–H groups in total. The Balaban J connectivity index is 1.61. The van der Waals surface area contributed by atoms with E-state index in [-0.39, 0.29) is 0 Å². The van der Waals surface area contributed by atoms with Gasteiger partial charge in [0.1, 0.15) is 0 Å². The fourth-order valence-corrected chi connectivity index (χ4v) is 2.74. The molecule has 0 aliphatic heterocycles. The number of aryl methyl sites for hydroxylation is 1. The summed E-state index contributed by atoms with van der Waals surface area (Å²) in [5.74, 6) is 1.26. The summed E-state index contributed by atoms with van der Waals surface area (Å²) in [6.07, 6.45) is 4.49. The summed E-state index contributed by atoms with van der Waals surface area (Å²) in [4.78, 5) is 0. The van der Waals surface area contributed by atoms with Gasteiger partial charge in [0, 0.05) is 21.4 Å². The highest BCUT2D eigenvalue weighted by molar-refractivity contribution is 9.11. The van der Waals surface area contributed by atoms with Gasteiger partial charge in [0.2, 0.25) is 11.8 Å². The smallest absolute Gasteiger partial charge is 0.248 e. The molecule has 0 unspecified atom stereocenters. The molecular formula is C14H15Br2N3O. The van der Waals surface area contributed by atoms with E-state index in [1.54, 1.807) is 0 Å². The third-order valence-corrected chi connectivity index (χ3v) is 4.39. The predicted molar refractivity (Wildman–Crippen MR) is 84.5 cm³/mol. The van der Waals surface area contributed by atoms with Gasteiger partial charge in [0.05, 0.1) is 5.56 Å². The van der Waals surface area contributed by atoms with Gasteiger partial charge in [-0.15, -0.1) is 10.2 Å². The number of nitrogens with one attached hydrogen (secondary N) is 1. The minimum absolute atomic E-state index is 0.559. The molecule has 2 aromatic rings. The first-order valence-electron chi connectivity index (χ1n) is 6.73. The second kappa shape index (κ2) is 6.37. The first kappa shape index (κ1) is 14.2. The van der Waals surface area contributed by atoms with Gasteiger partial charge in [-0.3, -0.25) is 0 Å². The van der Waals surface area contributed by atoms with E-state index < -0.39 is 0 Å². The summed E-state index contributed by atoms with van der Waals surface area (Å²) < 4.78 is 7.67. The molecule has 0 amide bonds. The number of benzene rings is 1. The van der Waals surface area contributed by atoms with Crippen molar-refractivity contribution in [2.24, 2.45) is 0 Å². The van der Waals surface area contributed by atoms with Crippen LogP contribution in [-0.2, 0) is 6.42 Å². The Kier molecular flexibility index (Phi) is 4.53. The van der Waals surface area contributed by atoms with Gasteiger partial charge in [-0.1, -0.05) is 15.9 Å². The number of rotatable bonds is 6. The molecule has 1 aromatic heterocycles. The Morgan fingerprint density at radius 1 is 1.25 bits per heavy atom. The van der Waals surface area contributed by atoms with Gasteiger partial charge in [0.15, 0.2) is 0 Å². The second-order valence-electron chi connectivity index (χ2n) is 4.96. The highest BCUT2D eigenvalue weighted by Gasteiger charge is 2.19. The van der Waals surface area contributed by atoms with Crippen molar-refractivity contribution in [1.29, 1.82) is 0 Å². The van der Waals surface area contributed by atoms with Crippen molar-refractivity contribution in [2.45, 2.75) is 31.7 Å². The van der Waals surface area contributed by atoms with Crippen molar-refractivity contribution in [1.82, 2.24) is 15.5 Å². The van der Waals surface area contributed by atoms with Gasteiger partial charge >= 0.3 is 0 Å². The Morgan fingerprint density at radius 3 is 2.90 bits per heavy atom. The highest BCUT2D eigenvalue weighted by atomic mass is 79.9. The van der Waals surface area contributed by atoms with Crippen LogP contribution in [-0.4, -0.2) is 22.8 Å². The van der Waals surface area contributed by atoms with Crippen LogP contribution < -0.4 is 5.32 Å². The maximum Gasteiger partial charge on any atom is 0.248 e. The maximum absolute atomic E-state index is 5.73. The maximum atomic E-state index is 5.73. The molecule has 3 rings (SSSR count). The summed E-state index contributed by atoms with van der Waals surface area (Å²) in [5.41, 5.74) is 0.911. The average molecular weight is 401 g/mol. The molecule has 1 fully saturated rings. The van der Waals surface area contributed by atoms with Crippen LogP contribution in [0.2, 0.25) is 0 Å². The lowest BCUT2D eigenvalue weighted by Gasteiger charge is -2.00. The first-order chi connectivity index (χ1) is 9.72. The van der Waals surface area contributed by atoms with E-state index in [2.05, 4.69) is 47.4 Å². The standard InChI is InChI=1S/C14H15Br2N3O/c15-9-3-6-12(16)11(8-9)14-19-18-13(20-14)2-1-7-17-10-4-5-10/h3,6,8,10,17H,1-2,4-5,7H2. The second-order valence-corrected chi connectivity index (χ2v) is 6.73. The normalized spacial score (nSPS) is 14.7. The first-order valence-corrected chi connectivity index (χ1v) is 8.32. The monoisotopic (exact) mass is 399 g/mol.